The molecular weight excluding hydrogens is 138 g/mol. The third-order valence-electron chi connectivity index (χ3n) is 1.24. The Balaban J connectivity index is 0.000000461. The topological polar surface area (TPSA) is 52.5 Å². The highest BCUT2D eigenvalue weighted by Gasteiger charge is 2.02. The van der Waals surface area contributed by atoms with Crippen LogP contribution in [0.4, 0.5) is 0 Å². The number of rotatable bonds is 0. The lowest BCUT2D eigenvalue weighted by Gasteiger charge is -1.80. The first-order valence-corrected chi connectivity index (χ1v) is 3.67. The van der Waals surface area contributed by atoms with E-state index >= 15 is 0 Å². The normalized spacial score (nSPS) is 7.91. The third-order valence-corrected chi connectivity index (χ3v) is 1.24. The zero-order chi connectivity index (χ0) is 8.85. The summed E-state index contributed by atoms with van der Waals surface area (Å²) in [6.07, 6.45) is 0. The molecule has 0 aromatic carbocycles. The molecule has 60 valence electrons. The molecule has 3 heteroatoms. The number of nitrogens with zero attached hydrogens (tertiary/aromatic N) is 2. The van der Waals surface area contributed by atoms with Crippen molar-refractivity contribution < 1.29 is 0 Å². The number of H-pyrrole nitrogens is 1. The van der Waals surface area contributed by atoms with Crippen LogP contribution in [-0.2, 0) is 0 Å². The van der Waals surface area contributed by atoms with Crippen LogP contribution in [0.15, 0.2) is 0 Å². The molecule has 0 aliphatic heterocycles. The Bertz CT molecular complexity index is 235. The van der Waals surface area contributed by atoms with Crippen LogP contribution in [0.3, 0.4) is 0 Å². The van der Waals surface area contributed by atoms with Crippen LogP contribution in [0, 0.1) is 25.2 Å². The van der Waals surface area contributed by atoms with Gasteiger partial charge in [-0.1, -0.05) is 13.8 Å². The summed E-state index contributed by atoms with van der Waals surface area (Å²) in [6, 6.07) is 2.05. The van der Waals surface area contributed by atoms with Gasteiger partial charge in [-0.15, -0.1) is 0 Å². The van der Waals surface area contributed by atoms with Gasteiger partial charge < -0.3 is 0 Å². The van der Waals surface area contributed by atoms with Crippen molar-refractivity contribution in [2.24, 2.45) is 0 Å². The van der Waals surface area contributed by atoms with E-state index in [2.05, 4.69) is 10.2 Å². The van der Waals surface area contributed by atoms with Crippen molar-refractivity contribution in [3.63, 3.8) is 0 Å². The van der Waals surface area contributed by atoms with E-state index in [9.17, 15) is 0 Å². The summed E-state index contributed by atoms with van der Waals surface area (Å²) in [5.41, 5.74) is 2.28. The van der Waals surface area contributed by atoms with Gasteiger partial charge in [0.15, 0.2) is 0 Å². The molecule has 0 radical (unpaired) electrons. The van der Waals surface area contributed by atoms with Crippen LogP contribution >= 0.6 is 0 Å². The molecule has 0 unspecified atom stereocenters. The molecule has 0 aliphatic carbocycles. The summed E-state index contributed by atoms with van der Waals surface area (Å²) in [5.74, 6) is 0. The number of hydrogen-bond acceptors (Lipinski definition) is 2. The summed E-state index contributed by atoms with van der Waals surface area (Å²) >= 11 is 0. The van der Waals surface area contributed by atoms with Crippen molar-refractivity contribution in [3.05, 3.63) is 17.0 Å². The fraction of sp³-hybridized carbons (Fsp3) is 0.500. The van der Waals surface area contributed by atoms with Gasteiger partial charge in [0.25, 0.3) is 0 Å². The molecule has 1 aromatic heterocycles. The Morgan fingerprint density at radius 1 is 1.36 bits per heavy atom. The van der Waals surface area contributed by atoms with E-state index in [1.165, 1.54) is 0 Å². The summed E-state index contributed by atoms with van der Waals surface area (Å²) in [6.45, 7) is 7.64. The van der Waals surface area contributed by atoms with Gasteiger partial charge >= 0.3 is 0 Å². The van der Waals surface area contributed by atoms with Crippen molar-refractivity contribution in [2.75, 3.05) is 0 Å². The maximum Gasteiger partial charge on any atom is 0.103 e. The lowest BCUT2D eigenvalue weighted by molar-refractivity contribution is 1.02. The molecule has 1 aromatic rings. The molecule has 3 nitrogen and oxygen atoms in total. The number of nitrogens with one attached hydrogen (secondary N) is 1. The second-order valence-corrected chi connectivity index (χ2v) is 1.92. The van der Waals surface area contributed by atoms with E-state index in [1.54, 1.807) is 0 Å². The second kappa shape index (κ2) is 4.51. The quantitative estimate of drug-likeness (QED) is 0.616. The first-order chi connectivity index (χ1) is 5.25. The molecule has 0 amide bonds. The van der Waals surface area contributed by atoms with Gasteiger partial charge in [-0.3, -0.25) is 5.10 Å². The fourth-order valence-electron chi connectivity index (χ4n) is 0.716. The van der Waals surface area contributed by atoms with E-state index < -0.39 is 0 Å². The number of aromatic nitrogens is 2. The minimum Gasteiger partial charge on any atom is -0.281 e. The van der Waals surface area contributed by atoms with Crippen molar-refractivity contribution >= 4 is 0 Å². The zero-order valence-corrected chi connectivity index (χ0v) is 7.39. The molecular formula is C8H13N3. The molecule has 1 heterocycles. The average Bonchev–Trinajstić information content (AvgIpc) is 2.35. The highest BCUT2D eigenvalue weighted by atomic mass is 15.1. The summed E-state index contributed by atoms with van der Waals surface area (Å²) in [7, 11) is 0. The van der Waals surface area contributed by atoms with E-state index in [0.717, 1.165) is 11.4 Å². The third kappa shape index (κ3) is 2.08. The Kier molecular flexibility index (Phi) is 3.97. The number of hydrogen-bond donors (Lipinski definition) is 1. The number of aryl methyl sites for hydroxylation is 2. The molecule has 0 saturated carbocycles. The monoisotopic (exact) mass is 151 g/mol. The summed E-state index contributed by atoms with van der Waals surface area (Å²) < 4.78 is 0. The van der Waals surface area contributed by atoms with Gasteiger partial charge in [-0.2, -0.15) is 10.4 Å². The molecule has 0 spiro atoms. The highest BCUT2D eigenvalue weighted by molar-refractivity contribution is 5.35. The molecule has 0 bridgehead atoms. The standard InChI is InChI=1S/C6H7N3.C2H6/c1-4-6(3-7)5(2)9-8-4;1-2/h1-2H3,(H,8,9);1-2H3. The SMILES string of the molecule is CC.Cc1n[nH]c(C)c1C#N. The largest absolute Gasteiger partial charge is 0.281 e. The first-order valence-electron chi connectivity index (χ1n) is 3.67. The predicted molar refractivity (Wildman–Crippen MR) is 44.1 cm³/mol. The second-order valence-electron chi connectivity index (χ2n) is 1.92. The van der Waals surface area contributed by atoms with Gasteiger partial charge in [-0.25, -0.2) is 0 Å². The van der Waals surface area contributed by atoms with Gasteiger partial charge in [-0.05, 0) is 13.8 Å². The average molecular weight is 151 g/mol. The Morgan fingerprint density at radius 3 is 2.09 bits per heavy atom. The lowest BCUT2D eigenvalue weighted by Crippen LogP contribution is -1.76. The molecule has 1 N–H and O–H groups in total. The maximum absolute atomic E-state index is 8.48. The van der Waals surface area contributed by atoms with Crippen molar-refractivity contribution in [2.45, 2.75) is 27.7 Å². The lowest BCUT2D eigenvalue weighted by atomic mass is 10.2. The zero-order valence-electron chi connectivity index (χ0n) is 7.39. The molecule has 0 aliphatic rings. The maximum atomic E-state index is 8.48. The molecule has 1 rings (SSSR count). The van der Waals surface area contributed by atoms with Gasteiger partial charge in [0.1, 0.15) is 6.07 Å². The molecule has 0 fully saturated rings. The minimum atomic E-state index is 0.662. The number of nitriles is 1. The van der Waals surface area contributed by atoms with Crippen LogP contribution in [0.2, 0.25) is 0 Å². The molecule has 0 atom stereocenters. The van der Waals surface area contributed by atoms with E-state index in [0.29, 0.717) is 5.56 Å². The molecule has 0 saturated heterocycles. The van der Waals surface area contributed by atoms with Gasteiger partial charge in [0.2, 0.25) is 0 Å². The van der Waals surface area contributed by atoms with Crippen LogP contribution in [0.1, 0.15) is 30.8 Å². The summed E-state index contributed by atoms with van der Waals surface area (Å²) in [4.78, 5) is 0. The van der Waals surface area contributed by atoms with E-state index in [4.69, 9.17) is 5.26 Å². The van der Waals surface area contributed by atoms with Crippen LogP contribution in [-0.4, -0.2) is 10.2 Å². The van der Waals surface area contributed by atoms with Crippen LogP contribution in [0.5, 0.6) is 0 Å². The molecule has 11 heavy (non-hydrogen) atoms. The Morgan fingerprint density at radius 2 is 1.91 bits per heavy atom. The fourth-order valence-corrected chi connectivity index (χ4v) is 0.716. The van der Waals surface area contributed by atoms with E-state index in [-0.39, 0.29) is 0 Å². The number of aromatic amines is 1. The predicted octanol–water partition coefficient (Wildman–Crippen LogP) is 1.92. The van der Waals surface area contributed by atoms with Crippen LogP contribution < -0.4 is 0 Å². The smallest absolute Gasteiger partial charge is 0.103 e. The Labute approximate surface area is 67.1 Å². The van der Waals surface area contributed by atoms with Crippen molar-refractivity contribution in [3.8, 4) is 6.07 Å². The van der Waals surface area contributed by atoms with E-state index in [1.807, 2.05) is 33.8 Å². The van der Waals surface area contributed by atoms with Crippen LogP contribution in [0.25, 0.3) is 0 Å². The minimum absolute atomic E-state index is 0.662. The highest BCUT2D eigenvalue weighted by Crippen LogP contribution is 2.05. The first kappa shape index (κ1) is 9.70. The van der Waals surface area contributed by atoms with Crippen molar-refractivity contribution in [1.82, 2.24) is 10.2 Å². The summed E-state index contributed by atoms with van der Waals surface area (Å²) in [5, 5.41) is 15.0. The van der Waals surface area contributed by atoms with Gasteiger partial charge in [0.05, 0.1) is 17.0 Å². The van der Waals surface area contributed by atoms with Gasteiger partial charge in [0, 0.05) is 0 Å². The van der Waals surface area contributed by atoms with Crippen molar-refractivity contribution in [1.29, 1.82) is 5.26 Å². The Hall–Kier alpha value is -1.30.